The van der Waals surface area contributed by atoms with Crippen LogP contribution in [0.2, 0.25) is 0 Å². The number of aryl methyl sites for hydroxylation is 2. The number of nitrogens with zero attached hydrogens (tertiary/aromatic N) is 7. The van der Waals surface area contributed by atoms with Crippen molar-refractivity contribution in [2.24, 2.45) is 0 Å². The van der Waals surface area contributed by atoms with E-state index in [2.05, 4.69) is 47.5 Å². The van der Waals surface area contributed by atoms with E-state index < -0.39 is 6.04 Å². The van der Waals surface area contributed by atoms with Crippen LogP contribution < -0.4 is 15.5 Å². The Morgan fingerprint density at radius 3 is 2.66 bits per heavy atom. The third-order valence-corrected chi connectivity index (χ3v) is 6.80. The zero-order chi connectivity index (χ0) is 26.8. The molecular formula is C27H32FN9O. The molecule has 4 heterocycles. The maximum atomic E-state index is 14.8. The Balaban J connectivity index is 1.28. The van der Waals surface area contributed by atoms with Crippen molar-refractivity contribution in [1.29, 1.82) is 0 Å². The van der Waals surface area contributed by atoms with Gasteiger partial charge in [0, 0.05) is 50.2 Å². The Bertz CT molecular complexity index is 1460. The highest BCUT2D eigenvalue weighted by atomic mass is 19.1. The van der Waals surface area contributed by atoms with Crippen molar-refractivity contribution in [2.75, 3.05) is 48.8 Å². The molecule has 0 aliphatic carbocycles. The van der Waals surface area contributed by atoms with E-state index in [0.29, 0.717) is 33.8 Å². The van der Waals surface area contributed by atoms with Gasteiger partial charge in [-0.05, 0) is 57.6 Å². The molecule has 3 aromatic heterocycles. The number of nitrogens with one attached hydrogen (secondary N) is 2. The van der Waals surface area contributed by atoms with Gasteiger partial charge in [0.05, 0.1) is 24.0 Å². The molecule has 1 aromatic carbocycles. The van der Waals surface area contributed by atoms with E-state index in [1.807, 2.05) is 33.0 Å². The average molecular weight is 518 g/mol. The summed E-state index contributed by atoms with van der Waals surface area (Å²) in [7, 11) is 2.11. The Kier molecular flexibility index (Phi) is 7.19. The number of anilines is 3. The fourth-order valence-corrected chi connectivity index (χ4v) is 4.57. The molecule has 5 rings (SSSR count). The van der Waals surface area contributed by atoms with Gasteiger partial charge in [-0.25, -0.2) is 19.3 Å². The minimum atomic E-state index is -0.432. The molecule has 1 amide bonds. The minimum absolute atomic E-state index is 0.300. The Morgan fingerprint density at radius 2 is 1.92 bits per heavy atom. The summed E-state index contributed by atoms with van der Waals surface area (Å²) in [6, 6.07) is 5.94. The number of hydrogen-bond acceptors (Lipinski definition) is 8. The van der Waals surface area contributed by atoms with E-state index in [0.717, 1.165) is 44.1 Å². The Hall–Kier alpha value is -4.12. The zero-order valence-corrected chi connectivity index (χ0v) is 22.1. The van der Waals surface area contributed by atoms with Gasteiger partial charge in [0.15, 0.2) is 0 Å². The lowest BCUT2D eigenvalue weighted by molar-refractivity contribution is 0.102. The van der Waals surface area contributed by atoms with Crippen molar-refractivity contribution in [2.45, 2.75) is 33.4 Å². The summed E-state index contributed by atoms with van der Waals surface area (Å²) in [6.07, 6.45) is 5.03. The van der Waals surface area contributed by atoms with Crippen molar-refractivity contribution in [3.63, 3.8) is 0 Å². The van der Waals surface area contributed by atoms with Crippen LogP contribution >= 0.6 is 0 Å². The smallest absolute Gasteiger partial charge is 0.257 e. The largest absolute Gasteiger partial charge is 0.362 e. The van der Waals surface area contributed by atoms with Crippen LogP contribution in [0.15, 0.2) is 42.9 Å². The lowest BCUT2D eigenvalue weighted by Gasteiger charge is -2.34. The van der Waals surface area contributed by atoms with Gasteiger partial charge in [0.25, 0.3) is 5.91 Å². The molecular weight excluding hydrogens is 485 g/mol. The van der Waals surface area contributed by atoms with Crippen molar-refractivity contribution in [1.82, 2.24) is 29.6 Å². The molecule has 198 valence electrons. The second-order valence-corrected chi connectivity index (χ2v) is 9.66. The minimum Gasteiger partial charge on any atom is -0.362 e. The first-order chi connectivity index (χ1) is 18.3. The first-order valence-electron chi connectivity index (χ1n) is 12.8. The number of likely N-dealkylation sites (N-methyl/N-ethyl adjacent to an activating group) is 1. The number of halogens is 1. The maximum Gasteiger partial charge on any atom is 0.257 e. The van der Waals surface area contributed by atoms with Crippen molar-refractivity contribution in [3.05, 3.63) is 65.4 Å². The van der Waals surface area contributed by atoms with E-state index in [4.69, 9.17) is 0 Å². The molecule has 2 N–H and O–H groups in total. The Morgan fingerprint density at radius 1 is 1.13 bits per heavy atom. The molecule has 1 saturated heterocycles. The number of carbonyl (C=O) groups excluding carboxylic acids is 1. The number of piperazine rings is 1. The highest BCUT2D eigenvalue weighted by Gasteiger charge is 2.19. The quantitative estimate of drug-likeness (QED) is 0.381. The van der Waals surface area contributed by atoms with Gasteiger partial charge in [-0.3, -0.25) is 9.48 Å². The molecule has 1 aliphatic rings. The number of amides is 1. The predicted octanol–water partition coefficient (Wildman–Crippen LogP) is 3.87. The van der Waals surface area contributed by atoms with Crippen LogP contribution in [0.4, 0.5) is 21.7 Å². The van der Waals surface area contributed by atoms with Crippen molar-refractivity contribution >= 4 is 34.4 Å². The van der Waals surface area contributed by atoms with Crippen LogP contribution in [0, 0.1) is 12.7 Å². The molecule has 0 unspecified atom stereocenters. The van der Waals surface area contributed by atoms with E-state index in [9.17, 15) is 9.18 Å². The van der Waals surface area contributed by atoms with Gasteiger partial charge in [-0.2, -0.15) is 5.10 Å². The third kappa shape index (κ3) is 5.42. The summed E-state index contributed by atoms with van der Waals surface area (Å²) in [5, 5.41) is 10.4. The van der Waals surface area contributed by atoms with E-state index >= 15 is 0 Å². The second-order valence-electron chi connectivity index (χ2n) is 9.66. The fourth-order valence-electron chi connectivity index (χ4n) is 4.57. The maximum absolute atomic E-state index is 14.8. The van der Waals surface area contributed by atoms with Crippen molar-refractivity contribution in [3.8, 4) is 0 Å². The normalized spacial score (nSPS) is 15.0. The summed E-state index contributed by atoms with van der Waals surface area (Å²) in [4.78, 5) is 31.0. The fraction of sp³-hybridized carbons (Fsp3) is 0.370. The van der Waals surface area contributed by atoms with Crippen LogP contribution in [-0.4, -0.2) is 68.8 Å². The third-order valence-electron chi connectivity index (χ3n) is 6.80. The summed E-state index contributed by atoms with van der Waals surface area (Å²) in [5.74, 6) is 0.705. The van der Waals surface area contributed by atoms with E-state index in [1.54, 1.807) is 29.2 Å². The number of pyridine rings is 1. The molecule has 1 aliphatic heterocycles. The number of benzene rings is 1. The second kappa shape index (κ2) is 10.7. The summed E-state index contributed by atoms with van der Waals surface area (Å²) >= 11 is 0. The molecule has 0 spiro atoms. The van der Waals surface area contributed by atoms with Gasteiger partial charge < -0.3 is 20.4 Å². The van der Waals surface area contributed by atoms with E-state index in [-0.39, 0.29) is 11.7 Å². The van der Waals surface area contributed by atoms with Gasteiger partial charge >= 0.3 is 0 Å². The van der Waals surface area contributed by atoms with Gasteiger partial charge in [0.1, 0.15) is 23.0 Å². The number of aromatic nitrogens is 5. The SMILES string of the molecule is CCn1cc2ncc(N[C@@H](C)c3cc(NC(=O)c4cnc(N5CCN(C)CC5)c(C)c4)ccc3F)nc2n1. The molecule has 11 heteroatoms. The molecule has 0 bridgehead atoms. The van der Waals surface area contributed by atoms with Gasteiger partial charge in [-0.1, -0.05) is 0 Å². The average Bonchev–Trinajstić information content (AvgIpc) is 3.33. The summed E-state index contributed by atoms with van der Waals surface area (Å²) in [5.41, 5.74) is 3.50. The molecule has 38 heavy (non-hydrogen) atoms. The molecule has 0 saturated carbocycles. The standard InChI is InChI=1S/C27H32FN9O/c1-5-37-16-23-25(34-37)33-24(15-29-23)31-18(3)21-13-20(6-7-22(21)28)32-27(38)19-12-17(2)26(30-14-19)36-10-8-35(4)9-11-36/h6-7,12-16,18H,5,8-11H2,1-4H3,(H,32,38)(H,31,33,34)/t18-/m0/s1. The monoisotopic (exact) mass is 517 g/mol. The first-order valence-corrected chi connectivity index (χ1v) is 12.8. The molecule has 10 nitrogen and oxygen atoms in total. The van der Waals surface area contributed by atoms with Gasteiger partial charge in [-0.15, -0.1) is 0 Å². The van der Waals surface area contributed by atoms with E-state index in [1.165, 1.54) is 6.07 Å². The topological polar surface area (TPSA) is 104 Å². The number of hydrogen-bond donors (Lipinski definition) is 2. The number of rotatable bonds is 7. The molecule has 1 atom stereocenters. The summed E-state index contributed by atoms with van der Waals surface area (Å²) in [6.45, 7) is 10.3. The Labute approximate surface area is 220 Å². The molecule has 4 aromatic rings. The zero-order valence-electron chi connectivity index (χ0n) is 22.1. The highest BCUT2D eigenvalue weighted by Crippen LogP contribution is 2.25. The van der Waals surface area contributed by atoms with Crippen molar-refractivity contribution < 1.29 is 9.18 Å². The van der Waals surface area contributed by atoms with Crippen LogP contribution in [0.1, 0.15) is 41.4 Å². The number of carbonyl (C=O) groups is 1. The molecule has 1 fully saturated rings. The lowest BCUT2D eigenvalue weighted by atomic mass is 10.1. The van der Waals surface area contributed by atoms with Crippen LogP contribution in [0.3, 0.4) is 0 Å². The first kappa shape index (κ1) is 25.5. The highest BCUT2D eigenvalue weighted by molar-refractivity contribution is 6.04. The lowest BCUT2D eigenvalue weighted by Crippen LogP contribution is -2.45. The van der Waals surface area contributed by atoms with Crippen LogP contribution in [-0.2, 0) is 6.54 Å². The van der Waals surface area contributed by atoms with Gasteiger partial charge in [0.2, 0.25) is 5.65 Å². The molecule has 0 radical (unpaired) electrons. The number of fused-ring (bicyclic) bond motifs is 1. The van der Waals surface area contributed by atoms with Crippen LogP contribution in [0.25, 0.3) is 11.2 Å². The van der Waals surface area contributed by atoms with Crippen LogP contribution in [0.5, 0.6) is 0 Å². The predicted molar refractivity (Wildman–Crippen MR) is 146 cm³/mol. The summed E-state index contributed by atoms with van der Waals surface area (Å²) < 4.78 is 16.5.